The molecule has 0 saturated carbocycles. The molecule has 33 heteroatoms. The van der Waals surface area contributed by atoms with E-state index in [0.29, 0.717) is 16.7 Å². The predicted molar refractivity (Wildman–Crippen MR) is 469 cm³/mol. The van der Waals surface area contributed by atoms with Gasteiger partial charge in [0.05, 0.1) is 40.7 Å². The smallest absolute Gasteiger partial charge is 0.335 e. The first-order valence-electron chi connectivity index (χ1n) is 40.7. The number of anilines is 1. The van der Waals surface area contributed by atoms with Crippen molar-refractivity contribution in [3.05, 3.63) is 330 Å². The fraction of sp³-hybridized carbons (Fsp3) is 0.194. The van der Waals surface area contributed by atoms with Crippen LogP contribution in [0.15, 0.2) is 291 Å². The maximum absolute atomic E-state index is 13.4. The molecule has 10 aromatic carbocycles. The highest BCUT2D eigenvalue weighted by atomic mass is 16.6. The number of imide groups is 10. The van der Waals surface area contributed by atoms with Gasteiger partial charge in [-0.25, -0.2) is 28.9 Å². The van der Waals surface area contributed by atoms with Crippen LogP contribution in [-0.4, -0.2) is 170 Å². The molecule has 131 heavy (non-hydrogen) atoms. The van der Waals surface area contributed by atoms with Crippen LogP contribution in [0.25, 0.3) is 22.3 Å². The Morgan fingerprint density at radius 3 is 0.962 bits per heavy atom. The molecule has 5 aliphatic rings. The van der Waals surface area contributed by atoms with E-state index < -0.39 is 172 Å². The van der Waals surface area contributed by atoms with Crippen molar-refractivity contribution in [3.63, 3.8) is 0 Å². The van der Waals surface area contributed by atoms with Gasteiger partial charge in [-0.15, -0.1) is 0 Å². The lowest BCUT2D eigenvalue weighted by atomic mass is 9.74. The van der Waals surface area contributed by atoms with Gasteiger partial charge in [-0.2, -0.15) is 0 Å². The molecule has 0 radical (unpaired) electrons. The third kappa shape index (κ3) is 22.9. The fourth-order valence-corrected chi connectivity index (χ4v) is 15.4. The van der Waals surface area contributed by atoms with Gasteiger partial charge in [0.15, 0.2) is 11.8 Å². The van der Waals surface area contributed by atoms with Crippen LogP contribution in [0.4, 0.5) is 29.7 Å². The van der Waals surface area contributed by atoms with Crippen LogP contribution in [0.5, 0.6) is 0 Å². The normalized spacial score (nSPS) is 16.4. The number of rotatable bonds is 22. The number of esters is 4. The average molecular weight is 1770 g/mol. The Kier molecular flexibility index (Phi) is 32.1. The highest BCUT2D eigenvalue weighted by Gasteiger charge is 2.55. The van der Waals surface area contributed by atoms with Crippen molar-refractivity contribution in [3.8, 4) is 22.3 Å². The van der Waals surface area contributed by atoms with Crippen molar-refractivity contribution in [2.75, 3.05) is 47.4 Å². The second-order valence-corrected chi connectivity index (χ2v) is 30.0. The molecule has 15 rings (SSSR count). The summed E-state index contributed by atoms with van der Waals surface area (Å²) in [5.74, 6) is -22.5. The standard InChI is InChI=1S/C23H22N2O7.C22H20N2O7.C19H18N2O3.2C17H14N2O3/c1-31-21(28)18(22(29)32-2)16(15-11-7-4-8-12-15)17-19(26)24-23(30)25(20(17)27)13-14-9-5-3-6-10-14;1-30-20(27)17(21(28)31-2)15(13-9-5-3-6-10-13)16-18(25)23-22(29)24(19(16)26)14-11-7-4-8-12-14;1-20-17(22)16(18(23)21(2)19(20)24)12-13-8-10-15(11-9-13)14-6-4-3-5-7-14;20-15-14(16(21)19-17(22)18-15)13(11-7-3-1-4-8-11)12-9-5-2-6-10-12;20-15-14(16(21)19-17(22)18-15)10-11-6-8-13(9-7-11)12-4-2-1-3-5-12/h3-12,16-18H,13H2,1-2H3,(H,24,26,30);3-12,15-17H,1-2H3,(H,23,25,29);3-11,16H,12H2,1-2H3;1-10,13-14H,(H2,18,19,20,21,22);1-9,14H,10H2,(H2,18,19,20,21,22). The van der Waals surface area contributed by atoms with Crippen molar-refractivity contribution in [1.29, 1.82) is 0 Å². The number of carbonyl (C=O) groups excluding carboxylic acids is 19. The Morgan fingerprint density at radius 2 is 0.595 bits per heavy atom. The molecule has 668 valence electrons. The average Bonchev–Trinajstić information content (AvgIpc) is 0.677. The molecule has 6 N–H and O–H groups in total. The van der Waals surface area contributed by atoms with E-state index in [4.69, 9.17) is 18.9 Å². The largest absolute Gasteiger partial charge is 0.468 e. The molecule has 4 unspecified atom stereocenters. The van der Waals surface area contributed by atoms with E-state index in [0.717, 1.165) is 92.5 Å². The minimum absolute atomic E-state index is 0.0854. The molecular formula is C98H88N10O23. The summed E-state index contributed by atoms with van der Waals surface area (Å²) < 4.78 is 19.1. The number of hydrogen-bond donors (Lipinski definition) is 6. The number of methoxy groups -OCH3 is 4. The van der Waals surface area contributed by atoms with Crippen molar-refractivity contribution >= 4 is 119 Å². The van der Waals surface area contributed by atoms with Crippen molar-refractivity contribution in [2.45, 2.75) is 37.1 Å². The second kappa shape index (κ2) is 44.3. The topological polar surface area (TPSA) is 446 Å². The summed E-state index contributed by atoms with van der Waals surface area (Å²) in [7, 11) is 7.16. The van der Waals surface area contributed by atoms with E-state index in [1.54, 1.807) is 109 Å². The number of hydrogen-bond acceptors (Lipinski definition) is 23. The summed E-state index contributed by atoms with van der Waals surface area (Å²) in [5.41, 5.74) is 9.43. The molecule has 10 aromatic rings. The van der Waals surface area contributed by atoms with Crippen LogP contribution in [0.1, 0.15) is 56.7 Å². The first-order valence-corrected chi connectivity index (χ1v) is 40.7. The first kappa shape index (κ1) is 94.8. The summed E-state index contributed by atoms with van der Waals surface area (Å²) in [4.78, 5) is 238. The molecule has 5 aliphatic heterocycles. The van der Waals surface area contributed by atoms with Gasteiger partial charge in [0.1, 0.15) is 29.6 Å². The molecule has 0 aromatic heterocycles. The van der Waals surface area contributed by atoms with Crippen LogP contribution >= 0.6 is 0 Å². The lowest BCUT2D eigenvalue weighted by Gasteiger charge is -2.36. The molecule has 20 amide bonds. The van der Waals surface area contributed by atoms with Crippen LogP contribution in [-0.2, 0) is 105 Å². The van der Waals surface area contributed by atoms with E-state index in [2.05, 4.69) is 31.9 Å². The number of nitrogens with one attached hydrogen (secondary N) is 6. The molecule has 5 fully saturated rings. The maximum atomic E-state index is 13.4. The molecule has 5 heterocycles. The zero-order valence-corrected chi connectivity index (χ0v) is 71.3. The van der Waals surface area contributed by atoms with Gasteiger partial charge in [0.2, 0.25) is 59.1 Å². The number of nitrogens with zero attached hydrogens (tertiary/aromatic N) is 4. The first-order chi connectivity index (χ1) is 63.1. The predicted octanol–water partition coefficient (Wildman–Crippen LogP) is 9.50. The van der Waals surface area contributed by atoms with Gasteiger partial charge >= 0.3 is 54.0 Å². The molecule has 0 spiro atoms. The van der Waals surface area contributed by atoms with Gasteiger partial charge in [0, 0.05) is 31.8 Å². The molecule has 0 bridgehead atoms. The minimum atomic E-state index is -1.61. The number of para-hydroxylation sites is 1. The number of benzene rings is 10. The van der Waals surface area contributed by atoms with E-state index in [1.165, 1.54) is 26.2 Å². The summed E-state index contributed by atoms with van der Waals surface area (Å²) >= 11 is 0. The molecule has 5 saturated heterocycles. The van der Waals surface area contributed by atoms with Crippen molar-refractivity contribution in [1.82, 2.24) is 46.6 Å². The van der Waals surface area contributed by atoms with Gasteiger partial charge in [-0.1, -0.05) is 279 Å². The summed E-state index contributed by atoms with van der Waals surface area (Å²) in [6, 6.07) is 83.2. The van der Waals surface area contributed by atoms with Crippen LogP contribution in [0.3, 0.4) is 0 Å². The minimum Gasteiger partial charge on any atom is -0.468 e. The van der Waals surface area contributed by atoms with Gasteiger partial charge < -0.3 is 18.9 Å². The molecule has 4 atom stereocenters. The third-order valence-corrected chi connectivity index (χ3v) is 21.9. The second-order valence-electron chi connectivity index (χ2n) is 30.0. The molecule has 33 nitrogen and oxygen atoms in total. The molecule has 0 aliphatic carbocycles. The summed E-state index contributed by atoms with van der Waals surface area (Å²) in [6.07, 6.45) is 0.550. The van der Waals surface area contributed by atoms with E-state index in [9.17, 15) is 91.1 Å². The van der Waals surface area contributed by atoms with Gasteiger partial charge in [-0.3, -0.25) is 114 Å². The Morgan fingerprint density at radius 1 is 0.298 bits per heavy atom. The van der Waals surface area contributed by atoms with E-state index >= 15 is 0 Å². The Hall–Kier alpha value is -16.9. The number of carbonyl (C=O) groups is 19. The van der Waals surface area contributed by atoms with Crippen LogP contribution in [0.2, 0.25) is 0 Å². The van der Waals surface area contributed by atoms with Gasteiger partial charge in [-0.05, 0) is 86.2 Å². The van der Waals surface area contributed by atoms with Crippen molar-refractivity contribution < 1.29 is 110 Å². The maximum Gasteiger partial charge on any atom is 0.335 e. The van der Waals surface area contributed by atoms with Gasteiger partial charge in [0.25, 0.3) is 0 Å². The van der Waals surface area contributed by atoms with Crippen molar-refractivity contribution in [2.24, 2.45) is 41.4 Å². The number of urea groups is 5. The zero-order chi connectivity index (χ0) is 94.1. The Labute approximate surface area is 750 Å². The lowest BCUT2D eigenvalue weighted by molar-refractivity contribution is -0.164. The number of amides is 20. The third-order valence-electron chi connectivity index (χ3n) is 21.9. The SMILES string of the molecule is CN1C(=O)C(Cc2ccc(-c3ccccc3)cc2)C(=O)N(C)C1=O.COC(=O)C(C(=O)OC)C(c1ccccc1)C1C(=O)NC(=O)N(Cc2ccccc2)C1=O.COC(=O)C(C(=O)OC)C(c1ccccc1)C1C(=O)NC(=O)N(c2ccccc2)C1=O.O=C1NC(=O)C(C(c2ccccc2)c2ccccc2)C(=O)N1.O=C1NC(=O)C(Cc2ccc(-c3ccccc3)cc2)C(=O)N1. The number of barbiturate groups is 5. The summed E-state index contributed by atoms with van der Waals surface area (Å²) in [5, 5.41) is 12.9. The van der Waals surface area contributed by atoms with E-state index in [1.807, 2.05) is 170 Å². The highest BCUT2D eigenvalue weighted by molar-refractivity contribution is 6.28. The van der Waals surface area contributed by atoms with Crippen LogP contribution in [0, 0.1) is 41.4 Å². The quantitative estimate of drug-likeness (QED) is 0.0209. The Balaban J connectivity index is 0.000000159. The monoisotopic (exact) mass is 1770 g/mol. The molecular weight excluding hydrogens is 1690 g/mol. The zero-order valence-electron chi connectivity index (χ0n) is 71.3. The Bertz CT molecular complexity index is 5790. The summed E-state index contributed by atoms with van der Waals surface area (Å²) in [6.45, 7) is -0.0854. The van der Waals surface area contributed by atoms with Crippen LogP contribution < -0.4 is 36.8 Å². The lowest BCUT2D eigenvalue weighted by Crippen LogP contribution is -2.60. The fourth-order valence-electron chi connectivity index (χ4n) is 15.4. The highest BCUT2D eigenvalue weighted by Crippen LogP contribution is 2.41. The van der Waals surface area contributed by atoms with E-state index in [-0.39, 0.29) is 25.1 Å². The number of ether oxygens (including phenoxy) is 4.